The maximum atomic E-state index is 9.49. The first-order chi connectivity index (χ1) is 11.3. The molecule has 1 aromatic rings. The molecule has 0 amide bonds. The Morgan fingerprint density at radius 2 is 1.58 bits per heavy atom. The van der Waals surface area contributed by atoms with Crippen molar-refractivity contribution >= 4 is 23.8 Å². The van der Waals surface area contributed by atoms with Gasteiger partial charge in [0.25, 0.3) is 0 Å². The van der Waals surface area contributed by atoms with Crippen LogP contribution in [0, 0.1) is 11.3 Å². The zero-order chi connectivity index (χ0) is 17.9. The van der Waals surface area contributed by atoms with E-state index in [9.17, 15) is 5.26 Å². The molecule has 0 saturated heterocycles. The number of nitriles is 1. The summed E-state index contributed by atoms with van der Waals surface area (Å²) in [6.45, 7) is 0. The average Bonchev–Trinajstić information content (AvgIpc) is 2.87. The Hall–Kier alpha value is -1.10. The maximum absolute atomic E-state index is 9.49. The number of aryl methyl sites for hydroxylation is 1. The second kappa shape index (κ2) is 7.85. The van der Waals surface area contributed by atoms with Crippen molar-refractivity contribution in [1.29, 1.82) is 5.26 Å². The van der Waals surface area contributed by atoms with Gasteiger partial charge in [-0.1, -0.05) is 0 Å². The Labute approximate surface area is 148 Å². The van der Waals surface area contributed by atoms with Crippen molar-refractivity contribution in [2.45, 2.75) is 25.7 Å². The minimum Gasteiger partial charge on any atom is -0.250 e. The predicted octanol–water partition coefficient (Wildman–Crippen LogP) is 4.13. The van der Waals surface area contributed by atoms with Crippen LogP contribution in [0.4, 0.5) is 5.00 Å². The van der Waals surface area contributed by atoms with Gasteiger partial charge in [-0.25, -0.2) is 0 Å². The smallest absolute Gasteiger partial charge is 0.193 e. The molecule has 0 unspecified atom stereocenters. The van der Waals surface area contributed by atoms with Gasteiger partial charge < -0.3 is 0 Å². The van der Waals surface area contributed by atoms with Crippen LogP contribution in [-0.4, -0.2) is 56.3 Å². The lowest BCUT2D eigenvalue weighted by atomic mass is 9.96. The lowest BCUT2D eigenvalue weighted by Gasteiger charge is -2.39. The zero-order valence-corrected chi connectivity index (χ0v) is 17.0. The van der Waals surface area contributed by atoms with Crippen molar-refractivity contribution in [3.8, 4) is 6.07 Å². The highest BCUT2D eigenvalue weighted by atomic mass is 32.1. The molecule has 7 nitrogen and oxygen atoms in total. The zero-order valence-electron chi connectivity index (χ0n) is 15.3. The third-order valence-electron chi connectivity index (χ3n) is 4.17. The molecule has 0 atom stereocenters. The molecule has 1 aliphatic carbocycles. The van der Waals surface area contributed by atoms with Gasteiger partial charge in [-0.15, -0.1) is 21.3 Å². The van der Waals surface area contributed by atoms with E-state index in [1.165, 1.54) is 16.9 Å². The van der Waals surface area contributed by atoms with E-state index in [0.717, 1.165) is 19.3 Å². The summed E-state index contributed by atoms with van der Waals surface area (Å²) in [6, 6.07) is 2.31. The van der Waals surface area contributed by atoms with Gasteiger partial charge in [0.1, 0.15) is 6.07 Å². The van der Waals surface area contributed by atoms with E-state index >= 15 is 0 Å². The number of hydrogen-bond donors (Lipinski definition) is 0. The van der Waals surface area contributed by atoms with Crippen LogP contribution in [0.5, 0.6) is 0 Å². The minimum atomic E-state index is -2.09. The monoisotopic (exact) mass is 367 g/mol. The molecule has 0 saturated carbocycles. The summed E-state index contributed by atoms with van der Waals surface area (Å²) in [7, 11) is 9.89. The fourth-order valence-corrected chi connectivity index (χ4v) is 7.09. The highest BCUT2D eigenvalue weighted by Gasteiger charge is 2.29. The third kappa shape index (κ3) is 3.46. The van der Waals surface area contributed by atoms with Crippen LogP contribution in [0.15, 0.2) is 15.2 Å². The molecule has 0 spiro atoms. The van der Waals surface area contributed by atoms with E-state index in [2.05, 4.69) is 35.3 Å². The van der Waals surface area contributed by atoms with Gasteiger partial charge in [0, 0.05) is 4.88 Å². The SMILES string of the molecule is CN(C)P(=NN=Nc1sc2c(c1C#N)CCCC2)(N(C)C)N(C)C. The Bertz CT molecular complexity index is 684. The normalized spacial score (nSPS) is 15.3. The Balaban J connectivity index is 2.43. The molecule has 132 valence electrons. The minimum absolute atomic E-state index is 0.692. The largest absolute Gasteiger partial charge is 0.250 e. The van der Waals surface area contributed by atoms with Crippen LogP contribution in [0.3, 0.4) is 0 Å². The van der Waals surface area contributed by atoms with E-state index < -0.39 is 7.51 Å². The van der Waals surface area contributed by atoms with Crippen LogP contribution in [0.1, 0.15) is 28.8 Å². The first-order valence-corrected chi connectivity index (χ1v) is 10.4. The summed E-state index contributed by atoms with van der Waals surface area (Å²) in [4.78, 5) is 5.87. The summed E-state index contributed by atoms with van der Waals surface area (Å²) in [5, 5.41) is 18.7. The lowest BCUT2D eigenvalue weighted by molar-refractivity contribution is 0.471. The summed E-state index contributed by atoms with van der Waals surface area (Å²) < 4.78 is 6.24. The van der Waals surface area contributed by atoms with E-state index in [1.54, 1.807) is 11.3 Å². The molecule has 0 bridgehead atoms. The topological polar surface area (TPSA) is 70.6 Å². The van der Waals surface area contributed by atoms with Crippen molar-refractivity contribution in [3.05, 3.63) is 16.0 Å². The lowest BCUT2D eigenvalue weighted by Crippen LogP contribution is -2.30. The van der Waals surface area contributed by atoms with Crippen molar-refractivity contribution in [2.75, 3.05) is 42.3 Å². The summed E-state index contributed by atoms with van der Waals surface area (Å²) >= 11 is 1.59. The molecule has 1 aromatic heterocycles. The average molecular weight is 367 g/mol. The standard InChI is InChI=1S/C15H26N7PS/c1-20(2)23(21(3)4,22(5)6)19-18-17-15-13(11-16)12-9-7-8-10-14(12)24-15/h7-10H2,1-6H3. The van der Waals surface area contributed by atoms with Gasteiger partial charge in [-0.3, -0.25) is 14.0 Å². The number of thiophene rings is 1. The summed E-state index contributed by atoms with van der Waals surface area (Å²) in [5.74, 6) is 0. The molecule has 0 aromatic carbocycles. The number of rotatable bonds is 5. The van der Waals surface area contributed by atoms with Crippen molar-refractivity contribution < 1.29 is 0 Å². The van der Waals surface area contributed by atoms with E-state index in [0.29, 0.717) is 10.6 Å². The van der Waals surface area contributed by atoms with Crippen LogP contribution in [0.25, 0.3) is 0 Å². The molecule has 0 radical (unpaired) electrons. The first kappa shape index (κ1) is 19.2. The van der Waals surface area contributed by atoms with Crippen LogP contribution in [0.2, 0.25) is 0 Å². The molecule has 9 heteroatoms. The number of hydrogen-bond acceptors (Lipinski definition) is 3. The van der Waals surface area contributed by atoms with E-state index in [-0.39, 0.29) is 0 Å². The van der Waals surface area contributed by atoms with Crippen LogP contribution in [-0.2, 0) is 12.8 Å². The Morgan fingerprint density at radius 1 is 1.00 bits per heavy atom. The molecule has 2 rings (SSSR count). The van der Waals surface area contributed by atoms with Gasteiger partial charge >= 0.3 is 0 Å². The number of nitrogens with zero attached hydrogens (tertiary/aromatic N) is 7. The first-order valence-electron chi connectivity index (χ1n) is 7.95. The highest BCUT2D eigenvalue weighted by Crippen LogP contribution is 2.55. The van der Waals surface area contributed by atoms with E-state index in [1.807, 2.05) is 42.3 Å². The van der Waals surface area contributed by atoms with Gasteiger partial charge in [0.2, 0.25) is 0 Å². The van der Waals surface area contributed by atoms with Crippen molar-refractivity contribution in [3.63, 3.8) is 0 Å². The molecule has 0 aliphatic heterocycles. The fourth-order valence-electron chi connectivity index (χ4n) is 3.16. The quantitative estimate of drug-likeness (QED) is 0.446. The van der Waals surface area contributed by atoms with Gasteiger partial charge in [-0.05, 0) is 78.8 Å². The molecular formula is C15H26N7PS. The second-order valence-corrected chi connectivity index (χ2v) is 11.1. The number of fused-ring (bicyclic) bond motifs is 1. The fraction of sp³-hybridized carbons (Fsp3) is 0.667. The Morgan fingerprint density at radius 3 is 2.12 bits per heavy atom. The molecule has 0 N–H and O–H groups in total. The van der Waals surface area contributed by atoms with Crippen molar-refractivity contribution in [2.24, 2.45) is 15.2 Å². The van der Waals surface area contributed by atoms with E-state index in [4.69, 9.17) is 0 Å². The maximum Gasteiger partial charge on any atom is 0.193 e. The summed E-state index contributed by atoms with van der Waals surface area (Å²) in [5.41, 5.74) is 1.87. The summed E-state index contributed by atoms with van der Waals surface area (Å²) in [6.07, 6.45) is 4.36. The molecule has 1 aliphatic rings. The van der Waals surface area contributed by atoms with Gasteiger partial charge in [-0.2, -0.15) is 5.26 Å². The predicted molar refractivity (Wildman–Crippen MR) is 101 cm³/mol. The van der Waals surface area contributed by atoms with Crippen LogP contribution < -0.4 is 0 Å². The Kier molecular flexibility index (Phi) is 6.29. The molecular weight excluding hydrogens is 341 g/mol. The molecule has 1 heterocycles. The van der Waals surface area contributed by atoms with Crippen molar-refractivity contribution in [1.82, 2.24) is 14.0 Å². The second-order valence-electron chi connectivity index (χ2n) is 6.36. The van der Waals surface area contributed by atoms with Gasteiger partial charge in [0.05, 0.1) is 5.56 Å². The van der Waals surface area contributed by atoms with Gasteiger partial charge in [0.15, 0.2) is 12.5 Å². The third-order valence-corrected chi connectivity index (χ3v) is 8.89. The molecule has 24 heavy (non-hydrogen) atoms. The highest BCUT2D eigenvalue weighted by molar-refractivity contribution is 7.58. The van der Waals surface area contributed by atoms with Crippen LogP contribution >= 0.6 is 18.8 Å². The molecule has 0 fully saturated rings.